The molecule has 0 atom stereocenters. The van der Waals surface area contributed by atoms with Crippen molar-refractivity contribution in [3.05, 3.63) is 30.0 Å². The number of rotatable bonds is 8. The first-order valence-electron chi connectivity index (χ1n) is 7.64. The monoisotopic (exact) mass is 288 g/mol. The highest BCUT2D eigenvalue weighted by molar-refractivity contribution is 5.75. The van der Waals surface area contributed by atoms with Gasteiger partial charge in [0.05, 0.1) is 18.4 Å². The molecule has 1 heterocycles. The standard InChI is InChI=1S/C17H24N2O2/c1-3-4-5-6-7-8-15-16(17(18)21-19-15)13-9-11-14(20-2)12-10-13/h9-12H,3-8,18H2,1-2H3. The number of unbranched alkanes of at least 4 members (excludes halogenated alkanes) is 4. The van der Waals surface area contributed by atoms with Gasteiger partial charge >= 0.3 is 0 Å². The number of hydrogen-bond donors (Lipinski definition) is 1. The summed E-state index contributed by atoms with van der Waals surface area (Å²) in [5, 5.41) is 4.12. The highest BCUT2D eigenvalue weighted by Crippen LogP contribution is 2.31. The highest BCUT2D eigenvalue weighted by atomic mass is 16.5. The maximum Gasteiger partial charge on any atom is 0.230 e. The number of nitrogen functional groups attached to an aromatic ring is 1. The summed E-state index contributed by atoms with van der Waals surface area (Å²) in [6.07, 6.45) is 7.09. The molecule has 2 aromatic rings. The van der Waals surface area contributed by atoms with Crippen molar-refractivity contribution in [2.24, 2.45) is 0 Å². The van der Waals surface area contributed by atoms with Gasteiger partial charge in [0.2, 0.25) is 5.88 Å². The van der Waals surface area contributed by atoms with Crippen molar-refractivity contribution in [2.45, 2.75) is 45.4 Å². The summed E-state index contributed by atoms with van der Waals surface area (Å²) in [5.41, 5.74) is 8.84. The number of ether oxygens (including phenoxy) is 1. The van der Waals surface area contributed by atoms with Gasteiger partial charge in [0.1, 0.15) is 5.75 Å². The third-order valence-electron chi connectivity index (χ3n) is 3.68. The Balaban J connectivity index is 2.06. The van der Waals surface area contributed by atoms with E-state index in [1.807, 2.05) is 24.3 Å². The number of methoxy groups -OCH3 is 1. The van der Waals surface area contributed by atoms with Gasteiger partial charge in [-0.05, 0) is 30.5 Å². The topological polar surface area (TPSA) is 61.3 Å². The van der Waals surface area contributed by atoms with Gasteiger partial charge in [-0.25, -0.2) is 0 Å². The van der Waals surface area contributed by atoms with Crippen LogP contribution in [-0.2, 0) is 6.42 Å². The van der Waals surface area contributed by atoms with Crippen LogP contribution < -0.4 is 10.5 Å². The van der Waals surface area contributed by atoms with Crippen molar-refractivity contribution in [1.82, 2.24) is 5.16 Å². The zero-order chi connectivity index (χ0) is 15.1. The maximum atomic E-state index is 5.94. The smallest absolute Gasteiger partial charge is 0.230 e. The Kier molecular flexibility index (Phi) is 5.67. The Morgan fingerprint density at radius 2 is 1.81 bits per heavy atom. The Morgan fingerprint density at radius 3 is 2.48 bits per heavy atom. The molecule has 0 saturated carbocycles. The lowest BCUT2D eigenvalue weighted by Gasteiger charge is -2.04. The maximum absolute atomic E-state index is 5.94. The minimum atomic E-state index is 0.392. The van der Waals surface area contributed by atoms with E-state index >= 15 is 0 Å². The van der Waals surface area contributed by atoms with Crippen molar-refractivity contribution in [3.63, 3.8) is 0 Å². The van der Waals surface area contributed by atoms with E-state index < -0.39 is 0 Å². The second-order valence-corrected chi connectivity index (χ2v) is 5.26. The fourth-order valence-electron chi connectivity index (χ4n) is 2.47. The van der Waals surface area contributed by atoms with Crippen LogP contribution in [0.3, 0.4) is 0 Å². The molecule has 114 valence electrons. The van der Waals surface area contributed by atoms with Gasteiger partial charge in [-0.3, -0.25) is 0 Å². The molecule has 4 heteroatoms. The minimum absolute atomic E-state index is 0.392. The van der Waals surface area contributed by atoms with E-state index in [-0.39, 0.29) is 0 Å². The van der Waals surface area contributed by atoms with Gasteiger partial charge in [0.25, 0.3) is 0 Å². The van der Waals surface area contributed by atoms with E-state index in [1.54, 1.807) is 7.11 Å². The largest absolute Gasteiger partial charge is 0.497 e. The van der Waals surface area contributed by atoms with Crippen LogP contribution in [0.4, 0.5) is 5.88 Å². The van der Waals surface area contributed by atoms with E-state index in [9.17, 15) is 0 Å². The lowest BCUT2D eigenvalue weighted by molar-refractivity contribution is 0.415. The third-order valence-corrected chi connectivity index (χ3v) is 3.68. The molecule has 0 fully saturated rings. The molecule has 21 heavy (non-hydrogen) atoms. The SMILES string of the molecule is CCCCCCCc1noc(N)c1-c1ccc(OC)cc1. The second-order valence-electron chi connectivity index (χ2n) is 5.26. The summed E-state index contributed by atoms with van der Waals surface area (Å²) >= 11 is 0. The second kappa shape index (κ2) is 7.72. The van der Waals surface area contributed by atoms with Crippen molar-refractivity contribution >= 4 is 5.88 Å². The van der Waals surface area contributed by atoms with Crippen LogP contribution >= 0.6 is 0 Å². The number of aryl methyl sites for hydroxylation is 1. The summed E-state index contributed by atoms with van der Waals surface area (Å²) in [7, 11) is 1.66. The van der Waals surface area contributed by atoms with Gasteiger partial charge in [0, 0.05) is 0 Å². The first kappa shape index (κ1) is 15.4. The molecule has 2 rings (SSSR count). The minimum Gasteiger partial charge on any atom is -0.497 e. The van der Waals surface area contributed by atoms with E-state index in [4.69, 9.17) is 15.0 Å². The molecule has 1 aromatic carbocycles. The van der Waals surface area contributed by atoms with Crippen molar-refractivity contribution < 1.29 is 9.26 Å². The van der Waals surface area contributed by atoms with Gasteiger partial charge in [-0.15, -0.1) is 0 Å². The van der Waals surface area contributed by atoms with Gasteiger partial charge in [-0.2, -0.15) is 0 Å². The van der Waals surface area contributed by atoms with Crippen molar-refractivity contribution in [1.29, 1.82) is 0 Å². The third kappa shape index (κ3) is 4.00. The molecule has 0 aliphatic rings. The van der Waals surface area contributed by atoms with Gasteiger partial charge in [-0.1, -0.05) is 49.9 Å². The number of aromatic nitrogens is 1. The van der Waals surface area contributed by atoms with E-state index in [2.05, 4.69) is 12.1 Å². The predicted octanol–water partition coefficient (Wildman–Crippen LogP) is 4.45. The van der Waals surface area contributed by atoms with Crippen LogP contribution in [0.1, 0.15) is 44.7 Å². The summed E-state index contributed by atoms with van der Waals surface area (Å²) in [6, 6.07) is 7.82. The fourth-order valence-corrected chi connectivity index (χ4v) is 2.47. The number of nitrogens with zero attached hydrogens (tertiary/aromatic N) is 1. The van der Waals surface area contributed by atoms with Crippen LogP contribution in [0.25, 0.3) is 11.1 Å². The molecule has 0 bridgehead atoms. The fraction of sp³-hybridized carbons (Fsp3) is 0.471. The molecule has 0 radical (unpaired) electrons. The lowest BCUT2D eigenvalue weighted by Crippen LogP contribution is -1.92. The highest BCUT2D eigenvalue weighted by Gasteiger charge is 2.15. The molecular formula is C17H24N2O2. The average Bonchev–Trinajstić information content (AvgIpc) is 2.88. The summed E-state index contributed by atoms with van der Waals surface area (Å²) in [5.74, 6) is 1.22. The molecule has 0 spiro atoms. The average molecular weight is 288 g/mol. The van der Waals surface area contributed by atoms with Crippen LogP contribution in [-0.4, -0.2) is 12.3 Å². The van der Waals surface area contributed by atoms with Gasteiger partial charge in [0.15, 0.2) is 0 Å². The number of hydrogen-bond acceptors (Lipinski definition) is 4. The molecule has 0 aliphatic heterocycles. The molecular weight excluding hydrogens is 264 g/mol. The first-order chi connectivity index (χ1) is 10.3. The Bertz CT molecular complexity index is 546. The van der Waals surface area contributed by atoms with Crippen molar-refractivity contribution in [3.8, 4) is 16.9 Å². The zero-order valence-corrected chi connectivity index (χ0v) is 12.9. The Labute approximate surface area is 126 Å². The predicted molar refractivity (Wildman–Crippen MR) is 85.4 cm³/mol. The van der Waals surface area contributed by atoms with Gasteiger partial charge < -0.3 is 15.0 Å². The normalized spacial score (nSPS) is 10.8. The van der Waals surface area contributed by atoms with E-state index in [1.165, 1.54) is 25.7 Å². The van der Waals surface area contributed by atoms with E-state index in [0.717, 1.165) is 35.4 Å². The zero-order valence-electron chi connectivity index (χ0n) is 12.9. The van der Waals surface area contributed by atoms with Crippen LogP contribution in [0.2, 0.25) is 0 Å². The molecule has 0 amide bonds. The molecule has 2 N–H and O–H groups in total. The summed E-state index contributed by atoms with van der Waals surface area (Å²) < 4.78 is 10.4. The van der Waals surface area contributed by atoms with Crippen LogP contribution in [0.5, 0.6) is 5.75 Å². The number of nitrogens with two attached hydrogens (primary N) is 1. The first-order valence-corrected chi connectivity index (χ1v) is 7.64. The number of benzene rings is 1. The molecule has 4 nitrogen and oxygen atoms in total. The number of anilines is 1. The Morgan fingerprint density at radius 1 is 1.10 bits per heavy atom. The molecule has 0 unspecified atom stereocenters. The summed E-state index contributed by atoms with van der Waals surface area (Å²) in [6.45, 7) is 2.22. The van der Waals surface area contributed by atoms with Crippen LogP contribution in [0, 0.1) is 0 Å². The summed E-state index contributed by atoms with van der Waals surface area (Å²) in [4.78, 5) is 0. The Hall–Kier alpha value is -1.97. The molecule has 1 aromatic heterocycles. The molecule has 0 saturated heterocycles. The lowest BCUT2D eigenvalue weighted by atomic mass is 10.0. The molecule has 0 aliphatic carbocycles. The quantitative estimate of drug-likeness (QED) is 0.729. The van der Waals surface area contributed by atoms with Crippen LogP contribution in [0.15, 0.2) is 28.8 Å². The van der Waals surface area contributed by atoms with E-state index in [0.29, 0.717) is 5.88 Å². The van der Waals surface area contributed by atoms with Crippen molar-refractivity contribution in [2.75, 3.05) is 12.8 Å².